The molecule has 0 aliphatic heterocycles. The fourth-order valence-electron chi connectivity index (χ4n) is 3.24. The van der Waals surface area contributed by atoms with Gasteiger partial charge in [0, 0.05) is 23.6 Å². The lowest BCUT2D eigenvalue weighted by molar-refractivity contribution is -0.385. The van der Waals surface area contributed by atoms with Crippen molar-refractivity contribution in [3.05, 3.63) is 99.4 Å². The molecule has 0 radical (unpaired) electrons. The Bertz CT molecular complexity index is 1310. The van der Waals surface area contributed by atoms with Crippen molar-refractivity contribution in [2.24, 2.45) is 5.10 Å². The van der Waals surface area contributed by atoms with E-state index in [2.05, 4.69) is 20.5 Å². The predicted octanol–water partition coefficient (Wildman–Crippen LogP) is 3.83. The van der Waals surface area contributed by atoms with E-state index in [-0.39, 0.29) is 11.4 Å². The van der Waals surface area contributed by atoms with E-state index in [0.717, 1.165) is 22.4 Å². The van der Waals surface area contributed by atoms with E-state index in [4.69, 9.17) is 4.74 Å². The lowest BCUT2D eigenvalue weighted by Gasteiger charge is -2.02. The van der Waals surface area contributed by atoms with Crippen LogP contribution in [0.3, 0.4) is 0 Å². The van der Waals surface area contributed by atoms with Crippen LogP contribution in [-0.4, -0.2) is 34.1 Å². The van der Waals surface area contributed by atoms with E-state index in [0.29, 0.717) is 17.5 Å². The lowest BCUT2D eigenvalue weighted by Crippen LogP contribution is -2.17. The van der Waals surface area contributed by atoms with Crippen molar-refractivity contribution < 1.29 is 14.5 Å². The molecule has 1 amide bonds. The number of hydrogen-bond donors (Lipinski definition) is 2. The van der Waals surface area contributed by atoms with E-state index >= 15 is 0 Å². The van der Waals surface area contributed by atoms with Gasteiger partial charge >= 0.3 is 5.69 Å². The van der Waals surface area contributed by atoms with Gasteiger partial charge < -0.3 is 9.72 Å². The van der Waals surface area contributed by atoms with Gasteiger partial charge in [0.15, 0.2) is 5.75 Å². The Balaban J connectivity index is 1.45. The summed E-state index contributed by atoms with van der Waals surface area (Å²) in [7, 11) is 1.36. The Morgan fingerprint density at radius 3 is 2.75 bits per heavy atom. The number of imidazole rings is 1. The van der Waals surface area contributed by atoms with Crippen molar-refractivity contribution in [1.29, 1.82) is 0 Å². The number of nitrogens with zero attached hydrogens (tertiary/aromatic N) is 3. The number of benzene rings is 3. The number of nitrogens with one attached hydrogen (secondary N) is 2. The van der Waals surface area contributed by atoms with Crippen molar-refractivity contribution in [3.63, 3.8) is 0 Å². The molecular weight excluding hydrogens is 410 g/mol. The summed E-state index contributed by atoms with van der Waals surface area (Å²) in [4.78, 5) is 30.8. The first kappa shape index (κ1) is 20.7. The molecule has 32 heavy (non-hydrogen) atoms. The molecule has 0 aliphatic carbocycles. The number of aromatic nitrogens is 2. The van der Waals surface area contributed by atoms with Crippen LogP contribution < -0.4 is 10.2 Å². The number of aromatic amines is 1. The molecule has 0 fully saturated rings. The summed E-state index contributed by atoms with van der Waals surface area (Å²) < 4.78 is 4.97. The first-order valence-electron chi connectivity index (χ1n) is 9.72. The minimum atomic E-state index is -0.541. The zero-order valence-electron chi connectivity index (χ0n) is 17.1. The number of rotatable bonds is 7. The molecule has 2 N–H and O–H groups in total. The summed E-state index contributed by atoms with van der Waals surface area (Å²) in [6.45, 7) is 0. The van der Waals surface area contributed by atoms with E-state index in [1.54, 1.807) is 24.3 Å². The standard InChI is InChI=1S/C23H19N5O4/c1-32-21-10-7-16(11-20(21)28(30)31)14-24-27-23(29)17-8-9-18-19(13-17)26-22(25-18)12-15-5-3-2-4-6-15/h2-11,13-14H,12H2,1H3,(H,25,26)(H,27,29)/b24-14-. The molecule has 0 spiro atoms. The summed E-state index contributed by atoms with van der Waals surface area (Å²) in [6.07, 6.45) is 1.99. The number of ether oxygens (including phenoxy) is 1. The van der Waals surface area contributed by atoms with Gasteiger partial charge in [0.2, 0.25) is 0 Å². The number of fused-ring (bicyclic) bond motifs is 1. The molecule has 0 unspecified atom stereocenters. The fraction of sp³-hybridized carbons (Fsp3) is 0.0870. The summed E-state index contributed by atoms with van der Waals surface area (Å²) in [5.74, 6) is 0.545. The highest BCUT2D eigenvalue weighted by atomic mass is 16.6. The molecule has 0 aliphatic rings. The van der Waals surface area contributed by atoms with Crippen LogP contribution in [0.2, 0.25) is 0 Å². The van der Waals surface area contributed by atoms with Crippen LogP contribution in [0.4, 0.5) is 5.69 Å². The molecule has 0 atom stereocenters. The number of nitro groups is 1. The third-order valence-electron chi connectivity index (χ3n) is 4.79. The largest absolute Gasteiger partial charge is 0.490 e. The second-order valence-electron chi connectivity index (χ2n) is 6.97. The van der Waals surface area contributed by atoms with Gasteiger partial charge in [0.1, 0.15) is 5.82 Å². The topological polar surface area (TPSA) is 123 Å². The number of methoxy groups -OCH3 is 1. The van der Waals surface area contributed by atoms with Crippen LogP contribution in [0, 0.1) is 10.1 Å². The van der Waals surface area contributed by atoms with Gasteiger partial charge in [-0.1, -0.05) is 30.3 Å². The first-order valence-corrected chi connectivity index (χ1v) is 9.72. The first-order chi connectivity index (χ1) is 15.5. The molecule has 1 heterocycles. The molecule has 0 saturated heterocycles. The van der Waals surface area contributed by atoms with Crippen molar-refractivity contribution in [2.45, 2.75) is 6.42 Å². The maximum atomic E-state index is 12.5. The second-order valence-corrected chi connectivity index (χ2v) is 6.97. The minimum absolute atomic E-state index is 0.149. The maximum absolute atomic E-state index is 12.5. The molecule has 4 aromatic rings. The molecule has 0 saturated carbocycles. The highest BCUT2D eigenvalue weighted by Crippen LogP contribution is 2.26. The van der Waals surface area contributed by atoms with Crippen molar-refractivity contribution >= 4 is 28.8 Å². The minimum Gasteiger partial charge on any atom is -0.490 e. The van der Waals surface area contributed by atoms with Gasteiger partial charge in [-0.2, -0.15) is 5.10 Å². The molecule has 4 rings (SSSR count). The van der Waals surface area contributed by atoms with E-state index in [1.165, 1.54) is 25.5 Å². The Kier molecular flexibility index (Phi) is 5.89. The van der Waals surface area contributed by atoms with Gasteiger partial charge in [0.05, 0.1) is 29.3 Å². The zero-order chi connectivity index (χ0) is 22.5. The molecule has 9 heteroatoms. The molecular formula is C23H19N5O4. The van der Waals surface area contributed by atoms with Gasteiger partial charge in [-0.3, -0.25) is 14.9 Å². The Hall–Kier alpha value is -4.53. The maximum Gasteiger partial charge on any atom is 0.311 e. The summed E-state index contributed by atoms with van der Waals surface area (Å²) >= 11 is 0. The highest BCUT2D eigenvalue weighted by molar-refractivity contribution is 5.97. The molecule has 3 aromatic carbocycles. The van der Waals surface area contributed by atoms with Crippen molar-refractivity contribution in [2.75, 3.05) is 7.11 Å². The fourth-order valence-corrected chi connectivity index (χ4v) is 3.24. The third kappa shape index (κ3) is 4.62. The third-order valence-corrected chi connectivity index (χ3v) is 4.79. The normalized spacial score (nSPS) is 11.0. The van der Waals surface area contributed by atoms with Crippen LogP contribution in [0.1, 0.15) is 27.3 Å². The number of hydrazone groups is 1. The van der Waals surface area contributed by atoms with Gasteiger partial charge in [-0.25, -0.2) is 10.4 Å². The quantitative estimate of drug-likeness (QED) is 0.263. The number of amides is 1. The summed E-state index contributed by atoms with van der Waals surface area (Å²) in [6, 6.07) is 19.5. The number of nitro benzene ring substituents is 1. The number of carbonyl (C=O) groups excluding carboxylic acids is 1. The van der Waals surface area contributed by atoms with Crippen LogP contribution in [0.5, 0.6) is 5.75 Å². The average Bonchev–Trinajstić information content (AvgIpc) is 3.21. The van der Waals surface area contributed by atoms with E-state index in [1.807, 2.05) is 30.3 Å². The van der Waals surface area contributed by atoms with Crippen LogP contribution in [-0.2, 0) is 6.42 Å². The molecule has 1 aromatic heterocycles. The van der Waals surface area contributed by atoms with Crippen molar-refractivity contribution in [3.8, 4) is 5.75 Å². The lowest BCUT2D eigenvalue weighted by atomic mass is 10.1. The number of H-pyrrole nitrogens is 1. The molecule has 160 valence electrons. The Labute approximate surface area is 182 Å². The van der Waals surface area contributed by atoms with Gasteiger partial charge in [-0.15, -0.1) is 0 Å². The summed E-state index contributed by atoms with van der Waals surface area (Å²) in [5, 5.41) is 15.0. The Morgan fingerprint density at radius 2 is 2.00 bits per heavy atom. The molecule has 0 bridgehead atoms. The highest BCUT2D eigenvalue weighted by Gasteiger charge is 2.14. The predicted molar refractivity (Wildman–Crippen MR) is 120 cm³/mol. The van der Waals surface area contributed by atoms with Gasteiger partial charge in [0.25, 0.3) is 5.91 Å². The SMILES string of the molecule is COc1ccc(/C=N\NC(=O)c2ccc3nc(Cc4ccccc4)[nH]c3c2)cc1[N+](=O)[O-]. The van der Waals surface area contributed by atoms with Crippen molar-refractivity contribution in [1.82, 2.24) is 15.4 Å². The zero-order valence-corrected chi connectivity index (χ0v) is 17.1. The van der Waals surface area contributed by atoms with Gasteiger partial charge in [-0.05, 0) is 35.9 Å². The van der Waals surface area contributed by atoms with Crippen LogP contribution >= 0.6 is 0 Å². The number of hydrogen-bond acceptors (Lipinski definition) is 6. The smallest absolute Gasteiger partial charge is 0.311 e. The van der Waals surface area contributed by atoms with Crippen LogP contribution in [0.25, 0.3) is 11.0 Å². The van der Waals surface area contributed by atoms with Crippen LogP contribution in [0.15, 0.2) is 71.8 Å². The second kappa shape index (κ2) is 9.09. The molecule has 9 nitrogen and oxygen atoms in total. The number of carbonyl (C=O) groups is 1. The monoisotopic (exact) mass is 429 g/mol. The Morgan fingerprint density at radius 1 is 1.19 bits per heavy atom. The van der Waals surface area contributed by atoms with E-state index < -0.39 is 10.8 Å². The average molecular weight is 429 g/mol. The van der Waals surface area contributed by atoms with E-state index in [9.17, 15) is 14.9 Å². The summed E-state index contributed by atoms with van der Waals surface area (Å²) in [5.41, 5.74) is 5.76.